The molecule has 4 nitrogen and oxygen atoms in total. The van der Waals surface area contributed by atoms with E-state index in [1.807, 2.05) is 49.9 Å². The third-order valence-corrected chi connectivity index (χ3v) is 7.61. The van der Waals surface area contributed by atoms with Gasteiger partial charge in [-0.15, -0.1) is 0 Å². The number of hydrogen-bond donors (Lipinski definition) is 1. The lowest BCUT2D eigenvalue weighted by Gasteiger charge is -2.59. The fourth-order valence-electron chi connectivity index (χ4n) is 6.65. The van der Waals surface area contributed by atoms with E-state index in [4.69, 9.17) is 0 Å². The largest absolute Gasteiger partial charge is 0.341 e. The lowest BCUT2D eigenvalue weighted by molar-refractivity contribution is -0.144. The lowest BCUT2D eigenvalue weighted by Crippen LogP contribution is -2.62. The third-order valence-electron chi connectivity index (χ3n) is 7.61. The molecule has 4 bridgehead atoms. The molecule has 1 atom stereocenters. The number of aryl methyl sites for hydroxylation is 1. The summed E-state index contributed by atoms with van der Waals surface area (Å²) in [6, 6.07) is 7.25. The first-order chi connectivity index (χ1) is 13.4. The van der Waals surface area contributed by atoms with E-state index in [-0.39, 0.29) is 17.2 Å². The Labute approximate surface area is 169 Å². The third kappa shape index (κ3) is 3.46. The second-order valence-corrected chi connectivity index (χ2v) is 9.56. The summed E-state index contributed by atoms with van der Waals surface area (Å²) in [6.45, 7) is 7.46. The van der Waals surface area contributed by atoms with E-state index in [1.165, 1.54) is 19.3 Å². The van der Waals surface area contributed by atoms with E-state index in [0.717, 1.165) is 42.6 Å². The van der Waals surface area contributed by atoms with Crippen LogP contribution in [0.15, 0.2) is 24.3 Å². The number of nitrogens with zero attached hydrogens (tertiary/aromatic N) is 1. The van der Waals surface area contributed by atoms with Crippen molar-refractivity contribution in [2.45, 2.75) is 65.3 Å². The van der Waals surface area contributed by atoms with Crippen molar-refractivity contribution < 1.29 is 9.59 Å². The molecular formula is C24H34N2O2. The van der Waals surface area contributed by atoms with Crippen LogP contribution in [0.2, 0.25) is 0 Å². The number of hydrogen-bond acceptors (Lipinski definition) is 2. The molecule has 0 spiro atoms. The van der Waals surface area contributed by atoms with Gasteiger partial charge in [0.25, 0.3) is 5.91 Å². The Kier molecular flexibility index (Phi) is 5.24. The van der Waals surface area contributed by atoms with Gasteiger partial charge in [-0.3, -0.25) is 9.59 Å². The number of carbonyl (C=O) groups is 2. The van der Waals surface area contributed by atoms with Gasteiger partial charge in [-0.25, -0.2) is 0 Å². The van der Waals surface area contributed by atoms with E-state index in [0.29, 0.717) is 18.7 Å². The van der Waals surface area contributed by atoms with E-state index < -0.39 is 6.04 Å². The Hall–Kier alpha value is -1.84. The van der Waals surface area contributed by atoms with Crippen molar-refractivity contribution in [1.29, 1.82) is 0 Å². The smallest absolute Gasteiger partial charge is 0.251 e. The minimum Gasteiger partial charge on any atom is -0.341 e. The average molecular weight is 383 g/mol. The van der Waals surface area contributed by atoms with Crippen molar-refractivity contribution in [2.24, 2.45) is 23.2 Å². The monoisotopic (exact) mass is 382 g/mol. The first-order valence-corrected chi connectivity index (χ1v) is 11.1. The van der Waals surface area contributed by atoms with Crippen LogP contribution >= 0.6 is 0 Å². The molecule has 152 valence electrons. The Morgan fingerprint density at radius 3 is 1.96 bits per heavy atom. The molecule has 0 radical (unpaired) electrons. The maximum atomic E-state index is 13.6. The Balaban J connectivity index is 1.63. The van der Waals surface area contributed by atoms with Crippen LogP contribution in [0.5, 0.6) is 0 Å². The van der Waals surface area contributed by atoms with Crippen LogP contribution < -0.4 is 5.32 Å². The minimum absolute atomic E-state index is 0.0468. The second-order valence-electron chi connectivity index (χ2n) is 9.56. The van der Waals surface area contributed by atoms with Crippen LogP contribution in [0.1, 0.15) is 68.3 Å². The van der Waals surface area contributed by atoms with Crippen molar-refractivity contribution in [2.75, 3.05) is 13.1 Å². The number of benzene rings is 1. The van der Waals surface area contributed by atoms with Crippen LogP contribution in [-0.4, -0.2) is 35.8 Å². The summed E-state index contributed by atoms with van der Waals surface area (Å²) in [5.74, 6) is 2.24. The van der Waals surface area contributed by atoms with Crippen molar-refractivity contribution in [3.05, 3.63) is 35.4 Å². The fraction of sp³-hybridized carbons (Fsp3) is 0.667. The molecule has 1 N–H and O–H groups in total. The molecule has 0 aromatic heterocycles. The number of likely N-dealkylation sites (N-methyl/N-ethyl adjacent to an activating group) is 1. The van der Waals surface area contributed by atoms with E-state index >= 15 is 0 Å². The highest BCUT2D eigenvalue weighted by Gasteiger charge is 2.56. The fourth-order valence-corrected chi connectivity index (χ4v) is 6.65. The zero-order valence-electron chi connectivity index (χ0n) is 17.5. The van der Waals surface area contributed by atoms with Crippen molar-refractivity contribution >= 4 is 11.8 Å². The highest BCUT2D eigenvalue weighted by atomic mass is 16.2. The summed E-state index contributed by atoms with van der Waals surface area (Å²) in [7, 11) is 0. The number of amides is 2. The van der Waals surface area contributed by atoms with E-state index in [2.05, 4.69) is 5.32 Å². The second kappa shape index (κ2) is 7.53. The van der Waals surface area contributed by atoms with Crippen LogP contribution in [0.4, 0.5) is 0 Å². The zero-order chi connectivity index (χ0) is 19.9. The van der Waals surface area contributed by atoms with Gasteiger partial charge in [-0.2, -0.15) is 0 Å². The predicted molar refractivity (Wildman–Crippen MR) is 111 cm³/mol. The zero-order valence-corrected chi connectivity index (χ0v) is 17.5. The SMILES string of the molecule is CCN(CC)C(=O)[C@@H](NC(=O)c1ccc(C)cc1)C12CC3CC(CC(C3)C1)C2. The van der Waals surface area contributed by atoms with E-state index in [1.54, 1.807) is 0 Å². The molecule has 4 saturated carbocycles. The molecule has 0 unspecified atom stereocenters. The molecule has 28 heavy (non-hydrogen) atoms. The van der Waals surface area contributed by atoms with Crippen molar-refractivity contribution in [1.82, 2.24) is 10.2 Å². The molecule has 4 aliphatic rings. The average Bonchev–Trinajstić information content (AvgIpc) is 2.66. The molecule has 4 fully saturated rings. The van der Waals surface area contributed by atoms with Gasteiger partial charge < -0.3 is 10.2 Å². The molecule has 0 saturated heterocycles. The normalized spacial score (nSPS) is 31.5. The molecular weight excluding hydrogens is 348 g/mol. The Morgan fingerprint density at radius 2 is 1.50 bits per heavy atom. The van der Waals surface area contributed by atoms with Crippen LogP contribution in [-0.2, 0) is 4.79 Å². The molecule has 4 heteroatoms. The summed E-state index contributed by atoms with van der Waals surface area (Å²) in [6.07, 6.45) is 7.30. The number of nitrogens with one attached hydrogen (secondary N) is 1. The van der Waals surface area contributed by atoms with Gasteiger partial charge >= 0.3 is 0 Å². The number of rotatable bonds is 6. The van der Waals surface area contributed by atoms with Gasteiger partial charge in [0.1, 0.15) is 6.04 Å². The van der Waals surface area contributed by atoms with Crippen LogP contribution in [0, 0.1) is 30.1 Å². The van der Waals surface area contributed by atoms with Gasteiger partial charge in [0.05, 0.1) is 0 Å². The van der Waals surface area contributed by atoms with Crippen LogP contribution in [0.25, 0.3) is 0 Å². The first kappa shape index (κ1) is 19.5. The Bertz CT molecular complexity index is 700. The van der Waals surface area contributed by atoms with Crippen molar-refractivity contribution in [3.63, 3.8) is 0 Å². The number of carbonyl (C=O) groups excluding carboxylic acids is 2. The summed E-state index contributed by atoms with van der Waals surface area (Å²) < 4.78 is 0. The maximum absolute atomic E-state index is 13.6. The highest BCUT2D eigenvalue weighted by molar-refractivity contribution is 5.98. The summed E-state index contributed by atoms with van der Waals surface area (Å²) in [5, 5.41) is 3.23. The highest BCUT2D eigenvalue weighted by Crippen LogP contribution is 2.61. The molecule has 1 aromatic rings. The molecule has 4 aliphatic carbocycles. The Morgan fingerprint density at radius 1 is 1.00 bits per heavy atom. The molecule has 5 rings (SSSR count). The predicted octanol–water partition coefficient (Wildman–Crippen LogP) is 4.18. The van der Waals surface area contributed by atoms with Gasteiger partial charge in [-0.1, -0.05) is 17.7 Å². The van der Waals surface area contributed by atoms with E-state index in [9.17, 15) is 9.59 Å². The van der Waals surface area contributed by atoms with Gasteiger partial charge in [-0.05, 0) is 89.2 Å². The molecule has 2 amide bonds. The van der Waals surface area contributed by atoms with Gasteiger partial charge in [0.15, 0.2) is 0 Å². The standard InChI is InChI=1S/C24H34N2O2/c1-4-26(5-2)23(28)21(25-22(27)20-8-6-16(3)7-9-20)24-13-17-10-18(14-24)12-19(11-17)15-24/h6-9,17-19,21H,4-5,10-15H2,1-3H3,(H,25,27)/t17?,18?,19?,21-,24?/m1/s1. The van der Waals surface area contributed by atoms with Gasteiger partial charge in [0.2, 0.25) is 5.91 Å². The summed E-state index contributed by atoms with van der Waals surface area (Å²) >= 11 is 0. The molecule has 0 aliphatic heterocycles. The van der Waals surface area contributed by atoms with Crippen molar-refractivity contribution in [3.8, 4) is 0 Å². The maximum Gasteiger partial charge on any atom is 0.251 e. The summed E-state index contributed by atoms with van der Waals surface area (Å²) in [4.78, 5) is 28.5. The molecule has 0 heterocycles. The summed E-state index contributed by atoms with van der Waals surface area (Å²) in [5.41, 5.74) is 1.73. The molecule has 1 aromatic carbocycles. The minimum atomic E-state index is -0.394. The lowest BCUT2D eigenvalue weighted by atomic mass is 9.47. The topological polar surface area (TPSA) is 49.4 Å². The quantitative estimate of drug-likeness (QED) is 0.802. The van der Waals surface area contributed by atoms with Crippen LogP contribution in [0.3, 0.4) is 0 Å². The van der Waals surface area contributed by atoms with Gasteiger partial charge in [0, 0.05) is 24.1 Å². The first-order valence-electron chi connectivity index (χ1n) is 11.1.